The van der Waals surface area contributed by atoms with Crippen molar-refractivity contribution in [1.29, 1.82) is 0 Å². The van der Waals surface area contributed by atoms with Gasteiger partial charge in [0.15, 0.2) is 0 Å². The number of amides is 1. The molecule has 0 unspecified atom stereocenters. The summed E-state index contributed by atoms with van der Waals surface area (Å²) < 4.78 is 0. The minimum absolute atomic E-state index is 0.00509. The summed E-state index contributed by atoms with van der Waals surface area (Å²) in [6.45, 7) is 6.89. The summed E-state index contributed by atoms with van der Waals surface area (Å²) >= 11 is 1.33. The number of rotatable bonds is 7. The van der Waals surface area contributed by atoms with E-state index in [-0.39, 0.29) is 5.91 Å². The van der Waals surface area contributed by atoms with Gasteiger partial charge in [-0.25, -0.2) is 4.98 Å². The van der Waals surface area contributed by atoms with Gasteiger partial charge in [-0.1, -0.05) is 56.0 Å². The number of aryl methyl sites for hydroxylation is 1. The second kappa shape index (κ2) is 8.53. The molecule has 122 valence electrons. The first kappa shape index (κ1) is 17.3. The molecule has 0 atom stereocenters. The smallest absolute Gasteiger partial charge is 0.230 e. The van der Waals surface area contributed by atoms with Crippen LogP contribution in [0.5, 0.6) is 0 Å². The Morgan fingerprint density at radius 1 is 1.35 bits per heavy atom. The second-order valence-corrected chi connectivity index (χ2v) is 6.62. The molecule has 0 saturated carbocycles. The molecule has 6 heteroatoms. The monoisotopic (exact) mass is 330 g/mol. The number of H-pyrrole nitrogens is 1. The zero-order valence-electron chi connectivity index (χ0n) is 13.7. The maximum Gasteiger partial charge on any atom is 0.230 e. The lowest BCUT2D eigenvalue weighted by Crippen LogP contribution is -2.28. The summed E-state index contributed by atoms with van der Waals surface area (Å²) in [6.07, 6.45) is 3.89. The first-order valence-corrected chi connectivity index (χ1v) is 8.59. The normalized spacial score (nSPS) is 11.3. The molecule has 0 aliphatic rings. The van der Waals surface area contributed by atoms with Crippen LogP contribution >= 0.6 is 11.8 Å². The minimum Gasteiger partial charge on any atom is -0.355 e. The van der Waals surface area contributed by atoms with E-state index in [2.05, 4.69) is 53.4 Å². The van der Waals surface area contributed by atoms with Gasteiger partial charge in [-0.2, -0.15) is 0 Å². The Labute approximate surface area is 141 Å². The molecule has 23 heavy (non-hydrogen) atoms. The molecule has 1 aromatic carbocycles. The Balaban J connectivity index is 1.86. The molecule has 0 radical (unpaired) electrons. The SMILES string of the molecule is Cc1ccccc1C=Cc1nc(SCC(=O)NCC(C)C)n[nH]1. The highest BCUT2D eigenvalue weighted by Gasteiger charge is 2.07. The molecular formula is C17H22N4OS. The van der Waals surface area contributed by atoms with Gasteiger partial charge in [0.1, 0.15) is 5.82 Å². The van der Waals surface area contributed by atoms with Crippen molar-refractivity contribution in [2.75, 3.05) is 12.3 Å². The Hall–Kier alpha value is -2.08. The van der Waals surface area contributed by atoms with E-state index in [0.29, 0.717) is 29.2 Å². The molecule has 2 N–H and O–H groups in total. The van der Waals surface area contributed by atoms with Gasteiger partial charge in [0.25, 0.3) is 0 Å². The third-order valence-corrected chi connectivity index (χ3v) is 3.98. The predicted octanol–water partition coefficient (Wildman–Crippen LogP) is 3.15. The molecule has 2 aromatic rings. The highest BCUT2D eigenvalue weighted by atomic mass is 32.2. The summed E-state index contributed by atoms with van der Waals surface area (Å²) in [5.74, 6) is 1.46. The number of thioether (sulfide) groups is 1. The lowest BCUT2D eigenvalue weighted by atomic mass is 10.1. The van der Waals surface area contributed by atoms with Crippen molar-refractivity contribution in [3.05, 3.63) is 41.2 Å². The zero-order chi connectivity index (χ0) is 16.7. The molecule has 1 aromatic heterocycles. The molecule has 0 fully saturated rings. The maximum atomic E-state index is 11.7. The van der Waals surface area contributed by atoms with Crippen LogP contribution < -0.4 is 5.32 Å². The number of nitrogens with zero attached hydrogens (tertiary/aromatic N) is 2. The van der Waals surface area contributed by atoms with E-state index in [0.717, 1.165) is 5.56 Å². The predicted molar refractivity (Wildman–Crippen MR) is 95.1 cm³/mol. The molecule has 0 spiro atoms. The van der Waals surface area contributed by atoms with Gasteiger partial charge in [-0.05, 0) is 30.0 Å². The fourth-order valence-electron chi connectivity index (χ4n) is 1.84. The van der Waals surface area contributed by atoms with Gasteiger partial charge in [0.2, 0.25) is 11.1 Å². The van der Waals surface area contributed by atoms with Crippen LogP contribution in [0.4, 0.5) is 0 Å². The number of carbonyl (C=O) groups excluding carboxylic acids is 1. The van der Waals surface area contributed by atoms with Crippen molar-refractivity contribution >= 4 is 29.8 Å². The molecule has 0 bridgehead atoms. The van der Waals surface area contributed by atoms with Gasteiger partial charge < -0.3 is 5.32 Å². The van der Waals surface area contributed by atoms with Crippen LogP contribution in [-0.4, -0.2) is 33.4 Å². The summed E-state index contributed by atoms with van der Waals surface area (Å²) in [5.41, 5.74) is 2.35. The van der Waals surface area contributed by atoms with Crippen molar-refractivity contribution in [1.82, 2.24) is 20.5 Å². The van der Waals surface area contributed by atoms with Crippen molar-refractivity contribution in [3.8, 4) is 0 Å². The molecular weight excluding hydrogens is 308 g/mol. The van der Waals surface area contributed by atoms with E-state index in [1.165, 1.54) is 17.3 Å². The van der Waals surface area contributed by atoms with E-state index in [9.17, 15) is 4.79 Å². The largest absolute Gasteiger partial charge is 0.355 e. The number of aromatic nitrogens is 3. The quantitative estimate of drug-likeness (QED) is 0.765. The van der Waals surface area contributed by atoms with E-state index in [4.69, 9.17) is 0 Å². The van der Waals surface area contributed by atoms with E-state index < -0.39 is 0 Å². The molecule has 0 aliphatic carbocycles. The van der Waals surface area contributed by atoms with Crippen LogP contribution in [0.3, 0.4) is 0 Å². The lowest BCUT2D eigenvalue weighted by Gasteiger charge is -2.05. The van der Waals surface area contributed by atoms with E-state index in [1.54, 1.807) is 0 Å². The molecule has 2 rings (SSSR count). The highest BCUT2D eigenvalue weighted by Crippen LogP contribution is 2.14. The number of benzene rings is 1. The Kier molecular flexibility index (Phi) is 6.40. The minimum atomic E-state index is 0.00509. The zero-order valence-corrected chi connectivity index (χ0v) is 14.5. The first-order valence-electron chi connectivity index (χ1n) is 7.60. The molecule has 5 nitrogen and oxygen atoms in total. The average molecular weight is 330 g/mol. The second-order valence-electron chi connectivity index (χ2n) is 5.68. The summed E-state index contributed by atoms with van der Waals surface area (Å²) in [4.78, 5) is 16.0. The van der Waals surface area contributed by atoms with Crippen LogP contribution in [0.25, 0.3) is 12.2 Å². The number of hydrogen-bond donors (Lipinski definition) is 2. The number of aromatic amines is 1. The fourth-order valence-corrected chi connectivity index (χ4v) is 2.47. The van der Waals surface area contributed by atoms with Crippen LogP contribution in [0, 0.1) is 12.8 Å². The Bertz CT molecular complexity index is 679. The van der Waals surface area contributed by atoms with Crippen molar-refractivity contribution < 1.29 is 4.79 Å². The van der Waals surface area contributed by atoms with Crippen molar-refractivity contribution in [3.63, 3.8) is 0 Å². The van der Waals surface area contributed by atoms with Gasteiger partial charge in [0, 0.05) is 6.54 Å². The van der Waals surface area contributed by atoms with Crippen LogP contribution in [0.15, 0.2) is 29.4 Å². The van der Waals surface area contributed by atoms with Gasteiger partial charge in [0.05, 0.1) is 5.75 Å². The molecule has 1 heterocycles. The summed E-state index contributed by atoms with van der Waals surface area (Å²) in [6, 6.07) is 8.14. The van der Waals surface area contributed by atoms with E-state index in [1.807, 2.05) is 24.3 Å². The lowest BCUT2D eigenvalue weighted by molar-refractivity contribution is -0.118. The van der Waals surface area contributed by atoms with Crippen LogP contribution in [-0.2, 0) is 4.79 Å². The average Bonchev–Trinajstić information content (AvgIpc) is 2.98. The Morgan fingerprint density at radius 3 is 2.87 bits per heavy atom. The Morgan fingerprint density at radius 2 is 2.13 bits per heavy atom. The molecule has 0 aliphatic heterocycles. The number of nitrogens with one attached hydrogen (secondary N) is 2. The standard InChI is InChI=1S/C17H22N4OS/c1-12(2)10-18-16(22)11-23-17-19-15(20-21-17)9-8-14-7-5-4-6-13(14)3/h4-9,12H,10-11H2,1-3H3,(H,18,22)(H,19,20,21). The molecule has 0 saturated heterocycles. The van der Waals surface area contributed by atoms with Crippen molar-refractivity contribution in [2.24, 2.45) is 5.92 Å². The summed E-state index contributed by atoms with van der Waals surface area (Å²) in [7, 11) is 0. The number of hydrogen-bond acceptors (Lipinski definition) is 4. The van der Waals surface area contributed by atoms with Crippen LogP contribution in [0.2, 0.25) is 0 Å². The molecule has 1 amide bonds. The first-order chi connectivity index (χ1) is 11.0. The number of carbonyl (C=O) groups is 1. The highest BCUT2D eigenvalue weighted by molar-refractivity contribution is 7.99. The van der Waals surface area contributed by atoms with Crippen LogP contribution in [0.1, 0.15) is 30.8 Å². The van der Waals surface area contributed by atoms with E-state index >= 15 is 0 Å². The third kappa shape index (κ3) is 5.90. The van der Waals surface area contributed by atoms with Gasteiger partial charge >= 0.3 is 0 Å². The fraction of sp³-hybridized carbons (Fsp3) is 0.353. The van der Waals surface area contributed by atoms with Gasteiger partial charge in [-0.15, -0.1) is 5.10 Å². The maximum absolute atomic E-state index is 11.7. The summed E-state index contributed by atoms with van der Waals surface area (Å²) in [5, 5.41) is 10.4. The topological polar surface area (TPSA) is 70.7 Å². The van der Waals surface area contributed by atoms with Gasteiger partial charge in [-0.3, -0.25) is 9.89 Å². The third-order valence-electron chi connectivity index (χ3n) is 3.13. The van der Waals surface area contributed by atoms with Crippen molar-refractivity contribution in [2.45, 2.75) is 25.9 Å².